The van der Waals surface area contributed by atoms with Gasteiger partial charge in [0.25, 0.3) is 0 Å². The number of thiazole rings is 1. The molecule has 3 heterocycles. The van der Waals surface area contributed by atoms with Crippen LogP contribution in [-0.4, -0.2) is 15.9 Å². The van der Waals surface area contributed by atoms with E-state index in [9.17, 15) is 0 Å². The topological polar surface area (TPSA) is 42.5 Å². The standard InChI is InChI=1S/C15H19N3OS/c1-3-14-12(5-7-19-14)13(16-4-2)9-11-10-18-6-8-20-15(18)17-11/h5-8,10,13,16H,3-4,9H2,1-2H3. The molecule has 0 aliphatic heterocycles. The summed E-state index contributed by atoms with van der Waals surface area (Å²) >= 11 is 1.67. The zero-order valence-electron chi connectivity index (χ0n) is 11.8. The van der Waals surface area contributed by atoms with Crippen molar-refractivity contribution in [2.45, 2.75) is 32.7 Å². The molecule has 0 saturated carbocycles. The molecule has 1 unspecified atom stereocenters. The SMILES string of the molecule is CCNC(Cc1cn2ccsc2n1)c1ccoc1CC. The molecule has 0 aromatic carbocycles. The van der Waals surface area contributed by atoms with Gasteiger partial charge in [0, 0.05) is 42.2 Å². The second-order valence-corrected chi connectivity index (χ2v) is 5.67. The van der Waals surface area contributed by atoms with Gasteiger partial charge >= 0.3 is 0 Å². The van der Waals surface area contributed by atoms with Gasteiger partial charge in [-0.15, -0.1) is 11.3 Å². The number of aromatic nitrogens is 2. The number of nitrogens with zero attached hydrogens (tertiary/aromatic N) is 2. The van der Waals surface area contributed by atoms with E-state index in [1.165, 1.54) is 5.56 Å². The number of imidazole rings is 1. The van der Waals surface area contributed by atoms with Crippen LogP contribution >= 0.6 is 11.3 Å². The van der Waals surface area contributed by atoms with Crippen molar-refractivity contribution >= 4 is 16.3 Å². The van der Waals surface area contributed by atoms with E-state index in [0.717, 1.165) is 35.8 Å². The van der Waals surface area contributed by atoms with Crippen LogP contribution in [0.3, 0.4) is 0 Å². The molecule has 3 aromatic rings. The first-order valence-corrected chi connectivity index (χ1v) is 7.90. The molecular weight excluding hydrogens is 270 g/mol. The summed E-state index contributed by atoms with van der Waals surface area (Å²) in [6.07, 6.45) is 7.75. The Labute approximate surface area is 122 Å². The van der Waals surface area contributed by atoms with Crippen molar-refractivity contribution in [3.8, 4) is 0 Å². The van der Waals surface area contributed by atoms with Crippen LogP contribution in [0.15, 0.2) is 34.5 Å². The number of hydrogen-bond acceptors (Lipinski definition) is 4. The monoisotopic (exact) mass is 289 g/mol. The van der Waals surface area contributed by atoms with Gasteiger partial charge in [0.2, 0.25) is 0 Å². The van der Waals surface area contributed by atoms with Crippen molar-refractivity contribution in [1.82, 2.24) is 14.7 Å². The van der Waals surface area contributed by atoms with Gasteiger partial charge in [-0.25, -0.2) is 4.98 Å². The van der Waals surface area contributed by atoms with Crippen molar-refractivity contribution in [3.63, 3.8) is 0 Å². The first-order valence-electron chi connectivity index (χ1n) is 7.02. The molecule has 0 spiro atoms. The van der Waals surface area contributed by atoms with Crippen molar-refractivity contribution in [1.29, 1.82) is 0 Å². The highest BCUT2D eigenvalue weighted by molar-refractivity contribution is 7.15. The first kappa shape index (κ1) is 13.4. The Morgan fingerprint density at radius 1 is 1.45 bits per heavy atom. The summed E-state index contributed by atoms with van der Waals surface area (Å²) in [5.74, 6) is 1.07. The number of furan rings is 1. The van der Waals surface area contributed by atoms with Crippen molar-refractivity contribution in [2.24, 2.45) is 0 Å². The summed E-state index contributed by atoms with van der Waals surface area (Å²) < 4.78 is 7.64. The maximum atomic E-state index is 5.56. The molecule has 0 saturated heterocycles. The molecule has 3 rings (SSSR count). The predicted molar refractivity (Wildman–Crippen MR) is 81.3 cm³/mol. The Bertz CT molecular complexity index is 653. The summed E-state index contributed by atoms with van der Waals surface area (Å²) in [4.78, 5) is 5.72. The van der Waals surface area contributed by atoms with Crippen LogP contribution in [0.1, 0.15) is 36.9 Å². The lowest BCUT2D eigenvalue weighted by atomic mass is 10.0. The minimum atomic E-state index is 0.262. The largest absolute Gasteiger partial charge is 0.469 e. The lowest BCUT2D eigenvalue weighted by molar-refractivity contribution is 0.486. The molecule has 0 aliphatic rings. The third-order valence-electron chi connectivity index (χ3n) is 3.48. The van der Waals surface area contributed by atoms with Gasteiger partial charge in [0.15, 0.2) is 4.96 Å². The highest BCUT2D eigenvalue weighted by Crippen LogP contribution is 2.24. The Hall–Kier alpha value is -1.59. The molecule has 0 amide bonds. The van der Waals surface area contributed by atoms with Gasteiger partial charge in [-0.2, -0.15) is 0 Å². The third-order valence-corrected chi connectivity index (χ3v) is 4.25. The lowest BCUT2D eigenvalue weighted by Gasteiger charge is -2.16. The van der Waals surface area contributed by atoms with E-state index in [2.05, 4.69) is 46.2 Å². The molecule has 1 atom stereocenters. The predicted octanol–water partition coefficient (Wildman–Crippen LogP) is 3.44. The maximum absolute atomic E-state index is 5.56. The highest BCUT2D eigenvalue weighted by Gasteiger charge is 2.18. The van der Waals surface area contributed by atoms with E-state index in [1.807, 2.05) is 6.20 Å². The van der Waals surface area contributed by atoms with E-state index in [-0.39, 0.29) is 6.04 Å². The Morgan fingerprint density at radius 3 is 3.10 bits per heavy atom. The molecule has 106 valence electrons. The first-order chi connectivity index (χ1) is 9.81. The smallest absolute Gasteiger partial charge is 0.193 e. The zero-order chi connectivity index (χ0) is 13.9. The molecule has 0 radical (unpaired) electrons. The number of hydrogen-bond donors (Lipinski definition) is 1. The molecule has 5 heteroatoms. The molecular formula is C15H19N3OS. The number of nitrogens with one attached hydrogen (secondary N) is 1. The maximum Gasteiger partial charge on any atom is 0.193 e. The lowest BCUT2D eigenvalue weighted by Crippen LogP contribution is -2.23. The fourth-order valence-corrected chi connectivity index (χ4v) is 3.29. The number of likely N-dealkylation sites (N-methyl/N-ethyl adjacent to an activating group) is 1. The average molecular weight is 289 g/mol. The summed E-state index contributed by atoms with van der Waals surface area (Å²) in [6.45, 7) is 5.18. The zero-order valence-corrected chi connectivity index (χ0v) is 12.6. The van der Waals surface area contributed by atoms with E-state index < -0.39 is 0 Å². The Morgan fingerprint density at radius 2 is 2.35 bits per heavy atom. The number of fused-ring (bicyclic) bond motifs is 1. The second kappa shape index (κ2) is 5.81. The highest BCUT2D eigenvalue weighted by atomic mass is 32.1. The van der Waals surface area contributed by atoms with Crippen LogP contribution in [-0.2, 0) is 12.8 Å². The quantitative estimate of drug-likeness (QED) is 0.756. The third kappa shape index (κ3) is 2.51. The van der Waals surface area contributed by atoms with Gasteiger partial charge in [0.1, 0.15) is 5.76 Å². The van der Waals surface area contributed by atoms with Crippen molar-refractivity contribution < 1.29 is 4.42 Å². The molecule has 1 N–H and O–H groups in total. The Balaban J connectivity index is 1.85. The van der Waals surface area contributed by atoms with Crippen molar-refractivity contribution in [3.05, 3.63) is 47.1 Å². The summed E-state index contributed by atoms with van der Waals surface area (Å²) in [7, 11) is 0. The summed E-state index contributed by atoms with van der Waals surface area (Å²) in [5.41, 5.74) is 2.37. The minimum absolute atomic E-state index is 0.262. The van der Waals surface area contributed by atoms with Crippen LogP contribution in [0.2, 0.25) is 0 Å². The van der Waals surface area contributed by atoms with Crippen LogP contribution < -0.4 is 5.32 Å². The van der Waals surface area contributed by atoms with E-state index >= 15 is 0 Å². The normalized spacial score (nSPS) is 13.1. The molecule has 0 aliphatic carbocycles. The van der Waals surface area contributed by atoms with Gasteiger partial charge in [0.05, 0.1) is 12.0 Å². The fraction of sp³-hybridized carbons (Fsp3) is 0.400. The van der Waals surface area contributed by atoms with E-state index in [0.29, 0.717) is 0 Å². The summed E-state index contributed by atoms with van der Waals surface area (Å²) in [5, 5.41) is 5.59. The van der Waals surface area contributed by atoms with E-state index in [4.69, 9.17) is 4.42 Å². The average Bonchev–Trinajstić information content (AvgIpc) is 3.12. The van der Waals surface area contributed by atoms with Crippen molar-refractivity contribution in [2.75, 3.05) is 6.54 Å². The minimum Gasteiger partial charge on any atom is -0.469 e. The van der Waals surface area contributed by atoms with Gasteiger partial charge < -0.3 is 9.73 Å². The fourth-order valence-electron chi connectivity index (χ4n) is 2.57. The molecule has 0 bridgehead atoms. The summed E-state index contributed by atoms with van der Waals surface area (Å²) in [6, 6.07) is 2.34. The van der Waals surface area contributed by atoms with Gasteiger partial charge in [-0.1, -0.05) is 13.8 Å². The number of aryl methyl sites for hydroxylation is 1. The second-order valence-electron chi connectivity index (χ2n) is 4.79. The van der Waals surface area contributed by atoms with Crippen LogP contribution in [0.25, 0.3) is 4.96 Å². The van der Waals surface area contributed by atoms with Gasteiger partial charge in [-0.3, -0.25) is 4.40 Å². The van der Waals surface area contributed by atoms with Crippen LogP contribution in [0, 0.1) is 0 Å². The molecule has 20 heavy (non-hydrogen) atoms. The van der Waals surface area contributed by atoms with Crippen LogP contribution in [0.5, 0.6) is 0 Å². The van der Waals surface area contributed by atoms with Gasteiger partial charge in [-0.05, 0) is 12.6 Å². The molecule has 3 aromatic heterocycles. The van der Waals surface area contributed by atoms with Crippen LogP contribution in [0.4, 0.5) is 0 Å². The molecule has 0 fully saturated rings. The molecule has 4 nitrogen and oxygen atoms in total. The number of rotatable bonds is 6. The Kier molecular flexibility index (Phi) is 3.89. The van der Waals surface area contributed by atoms with E-state index in [1.54, 1.807) is 17.6 Å².